The molecule has 0 aliphatic carbocycles. The molecule has 9 nitrogen and oxygen atoms in total. The minimum Gasteiger partial charge on any atom is -0.394 e. The molecular formula is C12H14F4N6O3. The molecule has 2 aromatic heterocycles. The molecule has 1 fully saturated rings. The molecule has 138 valence electrons. The van der Waals surface area contributed by atoms with E-state index in [2.05, 4.69) is 20.3 Å². The van der Waals surface area contributed by atoms with Gasteiger partial charge in [0, 0.05) is 7.05 Å². The highest BCUT2D eigenvalue weighted by molar-refractivity contribution is 5.84. The molecular weight excluding hydrogens is 352 g/mol. The first kappa shape index (κ1) is 17.6. The number of nitrogens with two attached hydrogens (primary N) is 1. The van der Waals surface area contributed by atoms with Crippen molar-refractivity contribution in [2.24, 2.45) is 0 Å². The quantitative estimate of drug-likeness (QED) is 0.557. The monoisotopic (exact) mass is 366 g/mol. The fourth-order valence-corrected chi connectivity index (χ4v) is 2.75. The zero-order valence-electron chi connectivity index (χ0n) is 12.7. The number of nitrogen functional groups attached to an aromatic ring is 1. The summed E-state index contributed by atoms with van der Waals surface area (Å²) in [7, 11) is 1.48. The van der Waals surface area contributed by atoms with E-state index in [9.17, 15) is 22.7 Å². The average Bonchev–Trinajstić information content (AvgIpc) is 3.06. The van der Waals surface area contributed by atoms with Crippen molar-refractivity contribution in [2.45, 2.75) is 30.3 Å². The van der Waals surface area contributed by atoms with Crippen LogP contribution in [-0.2, 0) is 4.74 Å². The lowest BCUT2D eigenvalue weighted by Gasteiger charge is -2.30. The molecule has 13 heteroatoms. The molecule has 4 atom stereocenters. The normalized spacial score (nSPS) is 30.1. The highest BCUT2D eigenvalue weighted by atomic mass is 19.4. The third-order valence-corrected chi connectivity index (χ3v) is 3.99. The van der Waals surface area contributed by atoms with Crippen LogP contribution >= 0.6 is 0 Å². The Hall–Kier alpha value is -2.25. The van der Waals surface area contributed by atoms with Crippen molar-refractivity contribution in [1.29, 1.82) is 0 Å². The van der Waals surface area contributed by atoms with Gasteiger partial charge in [-0.2, -0.15) is 23.1 Å². The maximum Gasteiger partial charge on any atom is 0.429 e. The number of imidazole rings is 1. The van der Waals surface area contributed by atoms with Crippen LogP contribution in [0.3, 0.4) is 0 Å². The van der Waals surface area contributed by atoms with Gasteiger partial charge in [-0.3, -0.25) is 4.57 Å². The lowest BCUT2D eigenvalue weighted by molar-refractivity contribution is -0.273. The van der Waals surface area contributed by atoms with Crippen LogP contribution in [0.4, 0.5) is 29.3 Å². The molecule has 3 rings (SSSR count). The summed E-state index contributed by atoms with van der Waals surface area (Å²) in [5, 5.41) is 21.5. The summed E-state index contributed by atoms with van der Waals surface area (Å²) in [6.07, 6.45) is -11.4. The third kappa shape index (κ3) is 2.38. The van der Waals surface area contributed by atoms with Gasteiger partial charge in [0.15, 0.2) is 23.2 Å². The van der Waals surface area contributed by atoms with Crippen LogP contribution in [0.15, 0.2) is 6.33 Å². The lowest BCUT2D eigenvalue weighted by Crippen LogP contribution is -2.54. The number of anilines is 2. The average molecular weight is 366 g/mol. The molecule has 1 aliphatic rings. The number of hydrogen-bond acceptors (Lipinski definition) is 8. The molecule has 3 heterocycles. The fourth-order valence-electron chi connectivity index (χ4n) is 2.75. The van der Waals surface area contributed by atoms with Crippen LogP contribution in [0.5, 0.6) is 0 Å². The van der Waals surface area contributed by atoms with Crippen LogP contribution in [0.2, 0.25) is 0 Å². The van der Waals surface area contributed by atoms with Crippen molar-refractivity contribution in [3.05, 3.63) is 6.33 Å². The van der Waals surface area contributed by atoms with Crippen LogP contribution in [0.1, 0.15) is 6.23 Å². The standard InChI is InChI=1S/C12H14F4N6O3/c1-18-7-5-8(21-10(17)20-7)22(3-19-5)9-11(13,12(14,15)16)6(24)4(2-23)25-9/h3-4,6,9,23-24H,2H2,1H3,(H3,17,18,20,21)/t4-,6-,9-,11-/m1/s1. The molecule has 0 aromatic carbocycles. The number of nitrogens with zero attached hydrogens (tertiary/aromatic N) is 4. The molecule has 2 aromatic rings. The number of rotatable bonds is 3. The predicted molar refractivity (Wildman–Crippen MR) is 76.2 cm³/mol. The van der Waals surface area contributed by atoms with Gasteiger partial charge in [-0.15, -0.1) is 0 Å². The SMILES string of the molecule is CNc1nc(N)nc2c1ncn2[C@@H]1O[C@H](CO)[C@@H](O)[C@]1(F)C(F)(F)F. The van der Waals surface area contributed by atoms with E-state index in [1.54, 1.807) is 0 Å². The van der Waals surface area contributed by atoms with Crippen LogP contribution in [0, 0.1) is 0 Å². The van der Waals surface area contributed by atoms with E-state index in [0.717, 1.165) is 6.33 Å². The van der Waals surface area contributed by atoms with Crippen molar-refractivity contribution < 1.29 is 32.5 Å². The summed E-state index contributed by atoms with van der Waals surface area (Å²) in [5.41, 5.74) is 1.14. The Labute approximate surface area is 137 Å². The number of halogens is 4. The van der Waals surface area contributed by atoms with Gasteiger partial charge in [0.1, 0.15) is 12.2 Å². The van der Waals surface area contributed by atoms with Crippen molar-refractivity contribution in [3.8, 4) is 0 Å². The first-order chi connectivity index (χ1) is 11.6. The Morgan fingerprint density at radius 1 is 1.44 bits per heavy atom. The van der Waals surface area contributed by atoms with E-state index in [-0.39, 0.29) is 22.9 Å². The van der Waals surface area contributed by atoms with Gasteiger partial charge in [-0.05, 0) is 0 Å². The topological polar surface area (TPSA) is 131 Å². The maximum absolute atomic E-state index is 14.9. The van der Waals surface area contributed by atoms with Crippen molar-refractivity contribution >= 4 is 22.9 Å². The zero-order chi connectivity index (χ0) is 18.6. The van der Waals surface area contributed by atoms with Crippen LogP contribution in [0.25, 0.3) is 11.2 Å². The lowest BCUT2D eigenvalue weighted by atomic mass is 9.95. The Kier molecular flexibility index (Phi) is 3.96. The third-order valence-electron chi connectivity index (χ3n) is 3.99. The number of aliphatic hydroxyl groups is 2. The highest BCUT2D eigenvalue weighted by Gasteiger charge is 2.72. The number of nitrogens with one attached hydrogen (secondary N) is 1. The molecule has 5 N–H and O–H groups in total. The van der Waals surface area contributed by atoms with Crippen molar-refractivity contribution in [1.82, 2.24) is 19.5 Å². The largest absolute Gasteiger partial charge is 0.429 e. The second-order valence-corrected chi connectivity index (χ2v) is 5.42. The minimum atomic E-state index is -5.48. The van der Waals surface area contributed by atoms with Crippen molar-refractivity contribution in [2.75, 3.05) is 24.7 Å². The number of alkyl halides is 4. The van der Waals surface area contributed by atoms with E-state index in [0.29, 0.717) is 4.57 Å². The molecule has 0 saturated carbocycles. The Balaban J connectivity index is 2.21. The van der Waals surface area contributed by atoms with Crippen molar-refractivity contribution in [3.63, 3.8) is 0 Å². The van der Waals surface area contributed by atoms with E-state index < -0.39 is 36.9 Å². The van der Waals surface area contributed by atoms with Gasteiger partial charge in [0.2, 0.25) is 5.95 Å². The number of aromatic nitrogens is 4. The Morgan fingerprint density at radius 3 is 2.68 bits per heavy atom. The number of hydrogen-bond donors (Lipinski definition) is 4. The van der Waals surface area contributed by atoms with Crippen LogP contribution in [-0.4, -0.2) is 67.4 Å². The summed E-state index contributed by atoms with van der Waals surface area (Å²) in [6.45, 7) is -1.01. The number of aliphatic hydroxyl groups excluding tert-OH is 2. The molecule has 1 saturated heterocycles. The number of ether oxygens (including phenoxy) is 1. The maximum atomic E-state index is 14.9. The van der Waals surface area contributed by atoms with E-state index in [1.165, 1.54) is 7.05 Å². The van der Waals surface area contributed by atoms with E-state index in [4.69, 9.17) is 15.6 Å². The first-order valence-electron chi connectivity index (χ1n) is 7.03. The zero-order valence-corrected chi connectivity index (χ0v) is 12.7. The minimum absolute atomic E-state index is 0.0340. The molecule has 0 amide bonds. The Morgan fingerprint density at radius 2 is 2.12 bits per heavy atom. The predicted octanol–water partition coefficient (Wildman–Crippen LogP) is -0.0286. The van der Waals surface area contributed by atoms with Gasteiger partial charge in [0.05, 0.1) is 12.9 Å². The number of fused-ring (bicyclic) bond motifs is 1. The highest BCUT2D eigenvalue weighted by Crippen LogP contribution is 2.51. The molecule has 0 unspecified atom stereocenters. The summed E-state index contributed by atoms with van der Waals surface area (Å²) >= 11 is 0. The molecule has 1 aliphatic heterocycles. The second kappa shape index (κ2) is 5.64. The van der Waals surface area contributed by atoms with Gasteiger partial charge >= 0.3 is 6.18 Å². The fraction of sp³-hybridized carbons (Fsp3) is 0.583. The van der Waals surface area contributed by atoms with Gasteiger partial charge < -0.3 is 26.0 Å². The van der Waals surface area contributed by atoms with E-state index >= 15 is 0 Å². The molecule has 25 heavy (non-hydrogen) atoms. The molecule has 0 radical (unpaired) electrons. The van der Waals surface area contributed by atoms with Gasteiger partial charge in [-0.25, -0.2) is 9.37 Å². The van der Waals surface area contributed by atoms with Crippen LogP contribution < -0.4 is 11.1 Å². The Bertz CT molecular complexity index is 799. The smallest absolute Gasteiger partial charge is 0.394 e. The van der Waals surface area contributed by atoms with Gasteiger partial charge in [0.25, 0.3) is 5.67 Å². The summed E-state index contributed by atoms with van der Waals surface area (Å²) in [6, 6.07) is 0. The molecule has 0 spiro atoms. The summed E-state index contributed by atoms with van der Waals surface area (Å²) < 4.78 is 60.7. The first-order valence-corrected chi connectivity index (χ1v) is 7.03. The summed E-state index contributed by atoms with van der Waals surface area (Å²) in [4.78, 5) is 11.5. The summed E-state index contributed by atoms with van der Waals surface area (Å²) in [5.74, 6) is -0.165. The molecule has 0 bridgehead atoms. The second-order valence-electron chi connectivity index (χ2n) is 5.42. The van der Waals surface area contributed by atoms with E-state index in [1.807, 2.05) is 0 Å². The van der Waals surface area contributed by atoms with Gasteiger partial charge in [-0.1, -0.05) is 0 Å².